The first kappa shape index (κ1) is 14.1. The molecule has 0 bridgehead atoms. The molecule has 0 aromatic rings. The zero-order valence-electron chi connectivity index (χ0n) is 10.9. The van der Waals surface area contributed by atoms with Gasteiger partial charge in [0, 0.05) is 0 Å². The van der Waals surface area contributed by atoms with Crippen LogP contribution in [0, 0.1) is 12.2 Å². The summed E-state index contributed by atoms with van der Waals surface area (Å²) >= 11 is 1.74. The molecular formula is C12H18SiZr-2. The molecule has 0 saturated heterocycles. The molecule has 0 unspecified atom stereocenters. The molecule has 0 nitrogen and oxygen atoms in total. The summed E-state index contributed by atoms with van der Waals surface area (Å²) in [5.41, 5.74) is 0.210. The molecule has 0 aliphatic heterocycles. The van der Waals surface area contributed by atoms with E-state index >= 15 is 0 Å². The summed E-state index contributed by atoms with van der Waals surface area (Å²) < 4.78 is 0. The van der Waals surface area contributed by atoms with Crippen molar-refractivity contribution in [1.29, 1.82) is 0 Å². The van der Waals surface area contributed by atoms with Crippen molar-refractivity contribution in [2.45, 2.75) is 25.9 Å². The SMILES string of the molecule is C[Si](C)=[Zr+2].[C-]1=CC=CC1.[C-]1=CC=CC1.[H-].[H-]. The van der Waals surface area contributed by atoms with Crippen molar-refractivity contribution in [3.63, 3.8) is 0 Å². The predicted octanol–water partition coefficient (Wildman–Crippen LogP) is 3.62. The Morgan fingerprint density at radius 2 is 1.43 bits per heavy atom. The van der Waals surface area contributed by atoms with Crippen LogP contribution in [0.2, 0.25) is 13.1 Å². The molecule has 0 fully saturated rings. The van der Waals surface area contributed by atoms with Gasteiger partial charge in [-0.15, -0.1) is 12.8 Å². The van der Waals surface area contributed by atoms with Gasteiger partial charge in [-0.1, -0.05) is 0 Å². The van der Waals surface area contributed by atoms with Crippen molar-refractivity contribution >= 4 is 5.43 Å². The second-order valence-corrected chi connectivity index (χ2v) is 12.4. The first-order valence-electron chi connectivity index (χ1n) is 4.68. The second kappa shape index (κ2) is 11.1. The molecule has 0 aromatic carbocycles. The Labute approximate surface area is 106 Å². The predicted molar refractivity (Wildman–Crippen MR) is 62.8 cm³/mol. The van der Waals surface area contributed by atoms with Gasteiger partial charge in [0.2, 0.25) is 0 Å². The van der Waals surface area contributed by atoms with E-state index < -0.39 is 0 Å². The van der Waals surface area contributed by atoms with Gasteiger partial charge in [-0.25, -0.2) is 24.3 Å². The topological polar surface area (TPSA) is 0 Å². The first-order valence-corrected chi connectivity index (χ1v) is 10.9. The minimum atomic E-state index is 0. The van der Waals surface area contributed by atoms with Gasteiger partial charge in [0.1, 0.15) is 0 Å². The van der Waals surface area contributed by atoms with E-state index in [9.17, 15) is 0 Å². The second-order valence-electron chi connectivity index (χ2n) is 3.01. The molecular weight excluding hydrogens is 263 g/mol. The van der Waals surface area contributed by atoms with E-state index in [-0.39, 0.29) is 8.29 Å². The smallest absolute Gasteiger partial charge is 0.109 e. The Balaban J connectivity index is -0.000000151. The maximum atomic E-state index is 2.99. The van der Waals surface area contributed by atoms with Crippen LogP contribution < -0.4 is 0 Å². The van der Waals surface area contributed by atoms with Crippen LogP contribution in [0.5, 0.6) is 0 Å². The Hall–Kier alpha value is 0.0600. The fraction of sp³-hybridized carbons (Fsp3) is 0.333. The standard InChI is InChI=1S/2C5H5.C2H6Si.Zr.2H/c2*1-2-4-5-3-1;1-3-2;;;/h2*1-3H,4H2;1-2H3;;;/q2*-1;;+2;2*-1. The molecule has 0 atom stereocenters. The Morgan fingerprint density at radius 3 is 1.50 bits per heavy atom. The summed E-state index contributed by atoms with van der Waals surface area (Å²) in [5, 5.41) is 0. The van der Waals surface area contributed by atoms with E-state index in [1.54, 1.807) is 23.3 Å². The molecule has 0 amide bonds. The van der Waals surface area contributed by atoms with Gasteiger partial charge in [0.05, 0.1) is 0 Å². The molecule has 2 heteroatoms. The molecule has 14 heavy (non-hydrogen) atoms. The minimum Gasteiger partial charge on any atom is -1.00 e. The van der Waals surface area contributed by atoms with Gasteiger partial charge in [-0.3, -0.25) is 12.2 Å². The molecule has 2 aliphatic carbocycles. The van der Waals surface area contributed by atoms with Crippen LogP contribution in [-0.4, -0.2) is 5.43 Å². The van der Waals surface area contributed by atoms with Crippen molar-refractivity contribution in [2.24, 2.45) is 0 Å². The minimum absolute atomic E-state index is 0. The third kappa shape index (κ3) is 14.6. The van der Waals surface area contributed by atoms with Gasteiger partial charge in [0.25, 0.3) is 0 Å². The molecule has 0 heterocycles. The fourth-order valence-electron chi connectivity index (χ4n) is 0.680. The van der Waals surface area contributed by atoms with Crippen LogP contribution in [0.25, 0.3) is 0 Å². The Morgan fingerprint density at radius 1 is 1.07 bits per heavy atom. The van der Waals surface area contributed by atoms with E-state index in [0.29, 0.717) is 0 Å². The van der Waals surface area contributed by atoms with Crippen LogP contribution >= 0.6 is 0 Å². The van der Waals surface area contributed by atoms with Crippen LogP contribution in [0.3, 0.4) is 0 Å². The molecule has 0 N–H and O–H groups in total. The summed E-state index contributed by atoms with van der Waals surface area (Å²) in [6, 6.07) is 0. The van der Waals surface area contributed by atoms with Crippen molar-refractivity contribution < 1.29 is 26.2 Å². The third-order valence-electron chi connectivity index (χ3n) is 1.17. The zero-order valence-corrected chi connectivity index (χ0v) is 12.3. The maximum absolute atomic E-state index is 2.99. The Bertz CT molecular complexity index is 222. The maximum Gasteiger partial charge on any atom is -0.109 e. The number of hydrogen-bond acceptors (Lipinski definition) is 0. The normalized spacial score (nSPS) is 14.6. The van der Waals surface area contributed by atoms with E-state index in [1.165, 1.54) is 0 Å². The third-order valence-corrected chi connectivity index (χ3v) is 1.17. The molecule has 2 rings (SSSR count). The van der Waals surface area contributed by atoms with E-state index in [4.69, 9.17) is 0 Å². The van der Waals surface area contributed by atoms with Gasteiger partial charge in [-0.2, -0.15) is 12.2 Å². The summed E-state index contributed by atoms with van der Waals surface area (Å²) in [6.07, 6.45) is 20.0. The van der Waals surface area contributed by atoms with Crippen molar-refractivity contribution in [1.82, 2.24) is 0 Å². The fourth-order valence-corrected chi connectivity index (χ4v) is 0.680. The Kier molecular flexibility index (Phi) is 11.2. The molecule has 0 aromatic heterocycles. The monoisotopic (exact) mass is 280 g/mol. The summed E-state index contributed by atoms with van der Waals surface area (Å²) in [4.78, 5) is 0. The average molecular weight is 282 g/mol. The first-order chi connectivity index (χ1) is 6.73. The van der Waals surface area contributed by atoms with Crippen molar-refractivity contribution in [3.8, 4) is 0 Å². The van der Waals surface area contributed by atoms with Gasteiger partial charge in [0.15, 0.2) is 0 Å². The number of rotatable bonds is 0. The molecule has 76 valence electrons. The van der Waals surface area contributed by atoms with Crippen molar-refractivity contribution in [2.75, 3.05) is 0 Å². The van der Waals surface area contributed by atoms with E-state index in [2.05, 4.69) is 37.4 Å². The van der Waals surface area contributed by atoms with Crippen LogP contribution in [0.15, 0.2) is 36.5 Å². The number of allylic oxidation sites excluding steroid dienone is 8. The van der Waals surface area contributed by atoms with Gasteiger partial charge < -0.3 is 2.85 Å². The number of hydrogen-bond donors (Lipinski definition) is 0. The summed E-state index contributed by atoms with van der Waals surface area (Å²) in [7, 11) is 0. The molecule has 0 saturated carbocycles. The van der Waals surface area contributed by atoms with E-state index in [1.807, 2.05) is 24.3 Å². The van der Waals surface area contributed by atoms with Gasteiger partial charge >= 0.3 is 41.9 Å². The van der Waals surface area contributed by atoms with Crippen LogP contribution in [-0.2, 0) is 23.3 Å². The molecule has 0 radical (unpaired) electrons. The zero-order chi connectivity index (χ0) is 10.6. The quantitative estimate of drug-likeness (QED) is 0.470. The summed E-state index contributed by atoms with van der Waals surface area (Å²) in [5.74, 6) is 0. The average Bonchev–Trinajstić information content (AvgIpc) is 2.83. The largest absolute Gasteiger partial charge is 1.00 e. The van der Waals surface area contributed by atoms with E-state index in [0.717, 1.165) is 12.8 Å². The van der Waals surface area contributed by atoms with Crippen molar-refractivity contribution in [3.05, 3.63) is 48.6 Å². The van der Waals surface area contributed by atoms with Crippen LogP contribution in [0.4, 0.5) is 0 Å². The molecule has 0 spiro atoms. The van der Waals surface area contributed by atoms with Crippen LogP contribution in [0.1, 0.15) is 15.7 Å². The summed E-state index contributed by atoms with van der Waals surface area (Å²) in [6.45, 7) is 4.62. The van der Waals surface area contributed by atoms with Gasteiger partial charge in [-0.05, 0) is 0 Å². The molecule has 2 aliphatic rings.